The summed E-state index contributed by atoms with van der Waals surface area (Å²) in [5, 5.41) is 7.38. The molecule has 2 aliphatic rings. The Balaban J connectivity index is 1.41. The molecule has 2 aromatic heterocycles. The molecule has 0 saturated heterocycles. The van der Waals surface area contributed by atoms with Crippen molar-refractivity contribution in [2.45, 2.75) is 32.4 Å². The molecule has 32 heavy (non-hydrogen) atoms. The lowest BCUT2D eigenvalue weighted by Crippen LogP contribution is -2.38. The van der Waals surface area contributed by atoms with Crippen LogP contribution in [0, 0.1) is 5.92 Å². The van der Waals surface area contributed by atoms with Crippen LogP contribution in [-0.2, 0) is 17.6 Å². The van der Waals surface area contributed by atoms with Crippen LogP contribution in [0.15, 0.2) is 51.6 Å². The number of furan rings is 1. The lowest BCUT2D eigenvalue weighted by atomic mass is 9.88. The first-order chi connectivity index (χ1) is 15.5. The van der Waals surface area contributed by atoms with Crippen LogP contribution < -0.4 is 15.4 Å². The Morgan fingerprint density at radius 1 is 1.31 bits per heavy atom. The molecule has 0 radical (unpaired) electrons. The number of nitrogens with one attached hydrogen (secondary N) is 2. The van der Waals surface area contributed by atoms with E-state index >= 15 is 0 Å². The number of fused-ring (bicyclic) bond motifs is 3. The molecule has 0 fully saturated rings. The van der Waals surface area contributed by atoms with Crippen molar-refractivity contribution in [2.24, 2.45) is 5.92 Å². The molecule has 2 unspecified atom stereocenters. The first-order valence-corrected chi connectivity index (χ1v) is 12.0. The van der Waals surface area contributed by atoms with Gasteiger partial charge < -0.3 is 19.8 Å². The van der Waals surface area contributed by atoms with Crippen LogP contribution in [-0.4, -0.2) is 11.9 Å². The zero-order valence-electron chi connectivity index (χ0n) is 17.3. The molecule has 1 aliphatic carbocycles. The average molecular weight is 513 g/mol. The minimum Gasteiger partial charge on any atom is -0.465 e. The molecule has 3 aromatic rings. The van der Waals surface area contributed by atoms with Crippen molar-refractivity contribution in [3.8, 4) is 5.75 Å². The predicted octanol–water partition coefficient (Wildman–Crippen LogP) is 5.70. The Morgan fingerprint density at radius 2 is 2.19 bits per heavy atom. The number of hydrogen-bond acceptors (Lipinski definition) is 6. The maximum absolute atomic E-state index is 13.1. The Hall–Kier alpha value is -2.84. The monoisotopic (exact) mass is 512 g/mol. The highest BCUT2D eigenvalue weighted by Crippen LogP contribution is 2.43. The van der Waals surface area contributed by atoms with Gasteiger partial charge in [0.05, 0.1) is 11.8 Å². The molecule has 0 bridgehead atoms. The normalized spacial score (nSPS) is 19.8. The third-order valence-electron chi connectivity index (χ3n) is 5.71. The molecule has 0 saturated carbocycles. The van der Waals surface area contributed by atoms with E-state index in [9.17, 15) is 9.59 Å². The van der Waals surface area contributed by atoms with Gasteiger partial charge in [-0.25, -0.2) is 4.79 Å². The van der Waals surface area contributed by atoms with Gasteiger partial charge in [-0.3, -0.25) is 4.79 Å². The van der Waals surface area contributed by atoms with Crippen molar-refractivity contribution in [1.29, 1.82) is 0 Å². The van der Waals surface area contributed by atoms with E-state index in [4.69, 9.17) is 9.15 Å². The lowest BCUT2D eigenvalue weighted by Gasteiger charge is -2.28. The molecule has 8 heteroatoms. The first-order valence-electron chi connectivity index (χ1n) is 10.4. The minimum absolute atomic E-state index is 0.0919. The fourth-order valence-corrected chi connectivity index (χ4v) is 5.95. The van der Waals surface area contributed by atoms with Crippen LogP contribution in [0.25, 0.3) is 6.08 Å². The van der Waals surface area contributed by atoms with Gasteiger partial charge in [0.15, 0.2) is 0 Å². The molecule has 1 aliphatic heterocycles. The number of halogens is 1. The van der Waals surface area contributed by atoms with Gasteiger partial charge in [0.1, 0.15) is 22.7 Å². The van der Waals surface area contributed by atoms with Crippen molar-refractivity contribution < 1.29 is 18.7 Å². The second kappa shape index (κ2) is 8.60. The molecule has 6 nitrogen and oxygen atoms in total. The van der Waals surface area contributed by atoms with Gasteiger partial charge in [0.25, 0.3) is 5.91 Å². The van der Waals surface area contributed by atoms with Crippen molar-refractivity contribution in [2.75, 3.05) is 5.32 Å². The highest BCUT2D eigenvalue weighted by Gasteiger charge is 2.34. The second-order valence-corrected chi connectivity index (χ2v) is 10.1. The van der Waals surface area contributed by atoms with Crippen molar-refractivity contribution >= 4 is 50.2 Å². The van der Waals surface area contributed by atoms with E-state index in [2.05, 4.69) is 33.5 Å². The smallest absolute Gasteiger partial charge is 0.336 e. The summed E-state index contributed by atoms with van der Waals surface area (Å²) in [6.45, 7) is 2.25. The Kier molecular flexibility index (Phi) is 5.65. The number of ether oxygens (including phenoxy) is 1. The average Bonchev–Trinajstić information content (AvgIpc) is 3.40. The van der Waals surface area contributed by atoms with E-state index in [1.54, 1.807) is 41.7 Å². The highest BCUT2D eigenvalue weighted by molar-refractivity contribution is 9.10. The van der Waals surface area contributed by atoms with E-state index in [-0.39, 0.29) is 5.91 Å². The molecule has 2 atom stereocenters. The van der Waals surface area contributed by atoms with Gasteiger partial charge in [-0.2, -0.15) is 0 Å². The molecule has 2 N–H and O–H groups in total. The van der Waals surface area contributed by atoms with Gasteiger partial charge >= 0.3 is 5.97 Å². The van der Waals surface area contributed by atoms with E-state index in [1.165, 1.54) is 22.8 Å². The zero-order valence-corrected chi connectivity index (χ0v) is 19.7. The van der Waals surface area contributed by atoms with Crippen LogP contribution in [0.4, 0.5) is 5.00 Å². The fourth-order valence-electron chi connectivity index (χ4n) is 4.14. The van der Waals surface area contributed by atoms with Crippen LogP contribution in [0.2, 0.25) is 0 Å². The number of amides is 1. The summed E-state index contributed by atoms with van der Waals surface area (Å²) >= 11 is 5.14. The summed E-state index contributed by atoms with van der Waals surface area (Å²) in [6.07, 6.45) is 6.92. The maximum atomic E-state index is 13.1. The quantitative estimate of drug-likeness (QED) is 0.266. The number of carbonyl (C=O) groups excluding carboxylic acids is 2. The SMILES string of the molecule is CC1CCc2c(sc3c2C(=O)NC(c2cc(Br)ccc2OC(=O)C=Cc2ccco2)N3)C1. The Labute approximate surface area is 197 Å². The highest BCUT2D eigenvalue weighted by atomic mass is 79.9. The minimum atomic E-state index is -0.534. The summed E-state index contributed by atoms with van der Waals surface area (Å²) in [5.41, 5.74) is 2.61. The second-order valence-electron chi connectivity index (χ2n) is 8.06. The zero-order chi connectivity index (χ0) is 22.2. The molecular weight excluding hydrogens is 492 g/mol. The third-order valence-corrected chi connectivity index (χ3v) is 7.39. The molecule has 1 amide bonds. The van der Waals surface area contributed by atoms with E-state index < -0.39 is 12.1 Å². The predicted molar refractivity (Wildman–Crippen MR) is 127 cm³/mol. The summed E-state index contributed by atoms with van der Waals surface area (Å²) in [4.78, 5) is 26.7. The van der Waals surface area contributed by atoms with Gasteiger partial charge in [-0.05, 0) is 67.2 Å². The van der Waals surface area contributed by atoms with E-state index in [1.807, 2.05) is 6.07 Å². The Bertz CT molecular complexity index is 1220. The van der Waals surface area contributed by atoms with Crippen molar-refractivity contribution in [1.82, 2.24) is 5.32 Å². The number of rotatable bonds is 4. The van der Waals surface area contributed by atoms with Crippen LogP contribution in [0.5, 0.6) is 5.75 Å². The van der Waals surface area contributed by atoms with Crippen molar-refractivity contribution in [3.63, 3.8) is 0 Å². The molecule has 3 heterocycles. The van der Waals surface area contributed by atoms with E-state index in [0.29, 0.717) is 23.0 Å². The van der Waals surface area contributed by atoms with Gasteiger partial charge in [0.2, 0.25) is 0 Å². The maximum Gasteiger partial charge on any atom is 0.336 e. The summed E-state index contributed by atoms with van der Waals surface area (Å²) in [5.74, 6) is 0.937. The summed E-state index contributed by atoms with van der Waals surface area (Å²) in [7, 11) is 0. The molecule has 1 aromatic carbocycles. The molecule has 5 rings (SSSR count). The standard InChI is InChI=1S/C24H21BrN2O4S/c1-13-4-7-16-19(11-13)32-24-21(16)23(29)26-22(27-24)17-12-14(25)5-8-18(17)31-20(28)9-6-15-3-2-10-30-15/h2-3,5-6,8-10,12-13,22,27H,4,7,11H2,1H3,(H,26,29). The van der Waals surface area contributed by atoms with Crippen LogP contribution in [0.1, 0.15) is 51.6 Å². The summed E-state index contributed by atoms with van der Waals surface area (Å²) < 4.78 is 11.6. The topological polar surface area (TPSA) is 80.6 Å². The number of benzene rings is 1. The third kappa shape index (κ3) is 4.12. The fraction of sp³-hybridized carbons (Fsp3) is 0.250. The van der Waals surface area contributed by atoms with Gasteiger partial charge in [-0.15, -0.1) is 11.3 Å². The number of anilines is 1. The molecule has 164 valence electrons. The first kappa shape index (κ1) is 21.0. The number of thiophene rings is 1. The number of hydrogen-bond donors (Lipinski definition) is 2. The van der Waals surface area contributed by atoms with Crippen LogP contribution in [0.3, 0.4) is 0 Å². The molecular formula is C24H21BrN2O4S. The van der Waals surface area contributed by atoms with Crippen molar-refractivity contribution in [3.05, 3.63) is 74.5 Å². The summed E-state index contributed by atoms with van der Waals surface area (Å²) in [6, 6.07) is 8.84. The van der Waals surface area contributed by atoms with E-state index in [0.717, 1.165) is 34.3 Å². The largest absolute Gasteiger partial charge is 0.465 e. The lowest BCUT2D eigenvalue weighted by molar-refractivity contribution is -0.128. The van der Waals surface area contributed by atoms with Gasteiger partial charge in [0, 0.05) is 21.0 Å². The van der Waals surface area contributed by atoms with Crippen LogP contribution >= 0.6 is 27.3 Å². The number of carbonyl (C=O) groups is 2. The Morgan fingerprint density at radius 3 is 3.00 bits per heavy atom. The number of esters is 1. The molecule has 0 spiro atoms. The van der Waals surface area contributed by atoms with Gasteiger partial charge in [-0.1, -0.05) is 22.9 Å².